The van der Waals surface area contributed by atoms with Gasteiger partial charge in [-0.25, -0.2) is 0 Å². The lowest BCUT2D eigenvalue weighted by Gasteiger charge is -2.41. The second kappa shape index (κ2) is 8.92. The minimum atomic E-state index is -0.571. The van der Waals surface area contributed by atoms with Gasteiger partial charge in [0.15, 0.2) is 0 Å². The van der Waals surface area contributed by atoms with E-state index < -0.39 is 5.66 Å². The molecule has 0 radical (unpaired) electrons. The third-order valence-electron chi connectivity index (χ3n) is 7.02. The molecule has 1 heterocycles. The van der Waals surface area contributed by atoms with E-state index in [2.05, 4.69) is 58.9 Å². The van der Waals surface area contributed by atoms with E-state index in [-0.39, 0.29) is 17.2 Å². The number of nitrogens with zero attached hydrogens (tertiary/aromatic N) is 3. The van der Waals surface area contributed by atoms with E-state index in [0.29, 0.717) is 23.2 Å². The predicted octanol–water partition coefficient (Wildman–Crippen LogP) is 6.87. The number of aromatic hydroxyl groups is 1. The average Bonchev–Trinajstić information content (AvgIpc) is 2.99. The van der Waals surface area contributed by atoms with Crippen LogP contribution < -0.4 is 0 Å². The average molecular weight is 449 g/mol. The molecule has 1 fully saturated rings. The number of phenols is 1. The van der Waals surface area contributed by atoms with Crippen LogP contribution in [-0.2, 0) is 0 Å². The SMILES string of the molecule is CC1CC(C)CC2(C1)N=C(c1cccc(O)c1)[N+](=O)N2C(CCC(C)(C)C)c1ccccc1. The lowest BCUT2D eigenvalue weighted by atomic mass is 9.75. The van der Waals surface area contributed by atoms with Gasteiger partial charge in [-0.1, -0.05) is 71.0 Å². The first kappa shape index (κ1) is 23.5. The molecule has 1 aliphatic heterocycles. The van der Waals surface area contributed by atoms with Gasteiger partial charge in [0.25, 0.3) is 5.66 Å². The Balaban J connectivity index is 1.83. The lowest BCUT2D eigenvalue weighted by Crippen LogP contribution is -2.53. The van der Waals surface area contributed by atoms with Gasteiger partial charge in [0.05, 0.1) is 16.5 Å². The maximum Gasteiger partial charge on any atom is 0.393 e. The zero-order valence-corrected chi connectivity index (χ0v) is 20.7. The Morgan fingerprint density at radius 2 is 1.76 bits per heavy atom. The molecule has 1 N–H and O–H groups in total. The molecule has 1 saturated carbocycles. The number of rotatable bonds is 5. The first-order chi connectivity index (χ1) is 15.6. The molecule has 2 aromatic rings. The summed E-state index contributed by atoms with van der Waals surface area (Å²) in [4.78, 5) is 20.3. The van der Waals surface area contributed by atoms with E-state index in [9.17, 15) is 10.0 Å². The van der Waals surface area contributed by atoms with Crippen LogP contribution in [0.25, 0.3) is 0 Å². The number of nitroso groups, excluding NO2 is 1. The summed E-state index contributed by atoms with van der Waals surface area (Å²) >= 11 is 0. The first-order valence-corrected chi connectivity index (χ1v) is 12.3. The van der Waals surface area contributed by atoms with Crippen LogP contribution in [0.5, 0.6) is 5.75 Å². The van der Waals surface area contributed by atoms with Gasteiger partial charge in [0.1, 0.15) is 5.75 Å². The number of amidine groups is 1. The maximum absolute atomic E-state index is 14.1. The number of hydrazine groups is 1. The minimum Gasteiger partial charge on any atom is -0.508 e. The largest absolute Gasteiger partial charge is 0.508 e. The monoisotopic (exact) mass is 448 g/mol. The third-order valence-corrected chi connectivity index (χ3v) is 7.02. The Kier molecular flexibility index (Phi) is 6.35. The molecule has 4 rings (SSSR count). The van der Waals surface area contributed by atoms with Gasteiger partial charge in [-0.05, 0) is 70.2 Å². The smallest absolute Gasteiger partial charge is 0.393 e. The zero-order chi connectivity index (χ0) is 23.8. The Hall–Kier alpha value is -2.69. The number of aliphatic imine (C=N–C) groups is 1. The second-order valence-electron chi connectivity index (χ2n) is 11.5. The van der Waals surface area contributed by atoms with E-state index in [1.807, 2.05) is 17.1 Å². The molecule has 0 amide bonds. The summed E-state index contributed by atoms with van der Waals surface area (Å²) in [7, 11) is 0. The normalized spacial score (nSPS) is 26.5. The van der Waals surface area contributed by atoms with Crippen LogP contribution in [-0.4, -0.2) is 26.5 Å². The summed E-state index contributed by atoms with van der Waals surface area (Å²) in [5.74, 6) is 1.52. The molecule has 1 aliphatic carbocycles. The topological polar surface area (TPSA) is 55.9 Å². The quantitative estimate of drug-likeness (QED) is 0.508. The van der Waals surface area contributed by atoms with Crippen molar-refractivity contribution in [3.8, 4) is 5.75 Å². The summed E-state index contributed by atoms with van der Waals surface area (Å²) in [5, 5.41) is 12.1. The zero-order valence-electron chi connectivity index (χ0n) is 20.7. The molecule has 2 aliphatic rings. The van der Waals surface area contributed by atoms with Crippen molar-refractivity contribution < 1.29 is 9.98 Å². The van der Waals surface area contributed by atoms with E-state index in [0.717, 1.165) is 42.5 Å². The Labute approximate surface area is 198 Å². The van der Waals surface area contributed by atoms with Crippen LogP contribution in [0.3, 0.4) is 0 Å². The molecule has 3 unspecified atom stereocenters. The fourth-order valence-electron chi connectivity index (χ4n) is 5.81. The van der Waals surface area contributed by atoms with Crippen LogP contribution in [0.15, 0.2) is 59.6 Å². The molecule has 0 aromatic heterocycles. The summed E-state index contributed by atoms with van der Waals surface area (Å²) in [5.41, 5.74) is 1.41. The molecule has 0 saturated heterocycles. The highest BCUT2D eigenvalue weighted by molar-refractivity contribution is 5.93. The van der Waals surface area contributed by atoms with Gasteiger partial charge in [-0.3, -0.25) is 0 Å². The maximum atomic E-state index is 14.1. The first-order valence-electron chi connectivity index (χ1n) is 12.3. The van der Waals surface area contributed by atoms with Crippen LogP contribution in [0, 0.1) is 22.2 Å². The fraction of sp³-hybridized carbons (Fsp3) is 0.536. The molecule has 2 aromatic carbocycles. The van der Waals surface area contributed by atoms with Crippen LogP contribution in [0.1, 0.15) is 83.9 Å². The van der Waals surface area contributed by atoms with Gasteiger partial charge >= 0.3 is 5.84 Å². The van der Waals surface area contributed by atoms with E-state index in [1.165, 1.54) is 0 Å². The predicted molar refractivity (Wildman–Crippen MR) is 133 cm³/mol. The fourth-order valence-corrected chi connectivity index (χ4v) is 5.81. The Morgan fingerprint density at radius 1 is 1.09 bits per heavy atom. The van der Waals surface area contributed by atoms with Gasteiger partial charge < -0.3 is 5.11 Å². The highest BCUT2D eigenvalue weighted by atomic mass is 16.3. The van der Waals surface area contributed by atoms with Crippen LogP contribution in [0.4, 0.5) is 0 Å². The molecule has 3 atom stereocenters. The number of hydrogen-bond donors (Lipinski definition) is 1. The summed E-state index contributed by atoms with van der Waals surface area (Å²) < 4.78 is 0. The van der Waals surface area contributed by atoms with Crippen molar-refractivity contribution in [1.82, 2.24) is 5.01 Å². The standard InChI is InChI=1S/C28H37N3O2/c1-20-16-21(2)19-28(18-20)29-26(23-12-9-13-24(32)17-23)31(33)30(28)25(14-15-27(3,4)5)22-10-7-6-8-11-22/h6-13,17,20-21,25H,14-16,18-19H2,1-5H3/p+1. The summed E-state index contributed by atoms with van der Waals surface area (Å²) in [6.07, 6.45) is 4.75. The molecule has 33 heavy (non-hydrogen) atoms. The van der Waals surface area contributed by atoms with E-state index >= 15 is 0 Å². The van der Waals surface area contributed by atoms with Crippen molar-refractivity contribution in [3.63, 3.8) is 0 Å². The molecule has 5 heteroatoms. The molecule has 0 bridgehead atoms. The van der Waals surface area contributed by atoms with E-state index in [4.69, 9.17) is 4.99 Å². The highest BCUT2D eigenvalue weighted by Crippen LogP contribution is 2.49. The summed E-state index contributed by atoms with van der Waals surface area (Å²) in [6.45, 7) is 11.3. The van der Waals surface area contributed by atoms with Gasteiger partial charge in [-0.2, -0.15) is 0 Å². The van der Waals surface area contributed by atoms with Crippen molar-refractivity contribution in [1.29, 1.82) is 0 Å². The Morgan fingerprint density at radius 3 is 2.36 bits per heavy atom. The van der Waals surface area contributed by atoms with Crippen molar-refractivity contribution in [2.75, 3.05) is 0 Å². The molecule has 176 valence electrons. The molecular weight excluding hydrogens is 410 g/mol. The Bertz CT molecular complexity index is 1010. The van der Waals surface area contributed by atoms with Crippen molar-refractivity contribution in [3.05, 3.63) is 70.6 Å². The number of phenolic OH excluding ortho intramolecular Hbond substituents is 1. The van der Waals surface area contributed by atoms with Crippen LogP contribution >= 0.6 is 0 Å². The third kappa shape index (κ3) is 4.97. The second-order valence-corrected chi connectivity index (χ2v) is 11.5. The lowest BCUT2D eigenvalue weighted by molar-refractivity contribution is -0.638. The van der Waals surface area contributed by atoms with Gasteiger partial charge in [-0.15, -0.1) is 5.01 Å². The van der Waals surface area contributed by atoms with Gasteiger partial charge in [0, 0.05) is 12.8 Å². The highest BCUT2D eigenvalue weighted by Gasteiger charge is 2.61. The molecule has 5 nitrogen and oxygen atoms in total. The summed E-state index contributed by atoms with van der Waals surface area (Å²) in [6, 6.07) is 17.2. The van der Waals surface area contributed by atoms with E-state index in [1.54, 1.807) is 18.2 Å². The van der Waals surface area contributed by atoms with Crippen molar-refractivity contribution in [2.24, 2.45) is 22.2 Å². The molecule has 1 spiro atoms. The van der Waals surface area contributed by atoms with Gasteiger partial charge in [0.2, 0.25) is 0 Å². The minimum absolute atomic E-state index is 0.0704. The van der Waals surface area contributed by atoms with Crippen molar-refractivity contribution >= 4 is 5.84 Å². The van der Waals surface area contributed by atoms with Crippen LogP contribution in [0.2, 0.25) is 0 Å². The number of benzene rings is 2. The molecular formula is C28H38N3O2+. The van der Waals surface area contributed by atoms with Crippen molar-refractivity contribution in [2.45, 2.75) is 78.4 Å². The number of hydrogen-bond acceptors (Lipinski definition) is 3.